The summed E-state index contributed by atoms with van der Waals surface area (Å²) in [4.78, 5) is 33.5. The Labute approximate surface area is 206 Å². The molecule has 1 aliphatic heterocycles. The molecule has 0 radical (unpaired) electrons. The summed E-state index contributed by atoms with van der Waals surface area (Å²) in [6, 6.07) is 19.2. The molecule has 2 heterocycles. The predicted molar refractivity (Wildman–Crippen MR) is 135 cm³/mol. The van der Waals surface area contributed by atoms with Crippen LogP contribution in [-0.2, 0) is 11.2 Å². The third-order valence-electron chi connectivity index (χ3n) is 6.70. The molecule has 1 aliphatic rings. The topological polar surface area (TPSA) is 84.7 Å². The minimum atomic E-state index is -0.525. The van der Waals surface area contributed by atoms with Crippen LogP contribution in [0.2, 0.25) is 0 Å². The highest BCUT2D eigenvalue weighted by molar-refractivity contribution is 5.96. The molecule has 7 heteroatoms. The number of unbranched alkanes of at least 4 members (excludes halogenated alkanes) is 1. The number of benzene rings is 2. The van der Waals surface area contributed by atoms with Crippen molar-refractivity contribution in [2.24, 2.45) is 0 Å². The first kappa shape index (κ1) is 24.7. The van der Waals surface area contributed by atoms with Crippen molar-refractivity contribution >= 4 is 5.91 Å². The first-order valence-corrected chi connectivity index (χ1v) is 12.3. The lowest BCUT2D eigenvalue weighted by Crippen LogP contribution is -2.39. The van der Waals surface area contributed by atoms with Crippen LogP contribution in [0.15, 0.2) is 65.5 Å². The summed E-state index contributed by atoms with van der Waals surface area (Å²) in [5.41, 5.74) is 1.26. The Morgan fingerprint density at radius 1 is 1.14 bits per heavy atom. The number of aromatic nitrogens is 2. The zero-order chi connectivity index (χ0) is 24.8. The smallest absolute Gasteiger partial charge is 0.271 e. The summed E-state index contributed by atoms with van der Waals surface area (Å²) in [5, 5.41) is 10.8. The van der Waals surface area contributed by atoms with Crippen molar-refractivity contribution < 1.29 is 14.6 Å². The highest BCUT2D eigenvalue weighted by atomic mass is 16.5. The van der Waals surface area contributed by atoms with Gasteiger partial charge in [0.2, 0.25) is 5.88 Å². The number of aryl methyl sites for hydroxylation is 1. The summed E-state index contributed by atoms with van der Waals surface area (Å²) < 4.78 is 7.02. The van der Waals surface area contributed by atoms with E-state index in [2.05, 4.69) is 24.0 Å². The van der Waals surface area contributed by atoms with Crippen LogP contribution in [0.1, 0.15) is 65.5 Å². The van der Waals surface area contributed by atoms with E-state index in [0.717, 1.165) is 24.8 Å². The van der Waals surface area contributed by atoms with Crippen molar-refractivity contribution in [1.82, 2.24) is 14.5 Å². The van der Waals surface area contributed by atoms with Crippen LogP contribution in [-0.4, -0.2) is 52.3 Å². The van der Waals surface area contributed by atoms with E-state index in [9.17, 15) is 14.7 Å². The molecule has 184 valence electrons. The number of carbonyl (C=O) groups excluding carboxylic acids is 1. The van der Waals surface area contributed by atoms with Gasteiger partial charge in [-0.1, -0.05) is 74.0 Å². The number of carbonyl (C=O) groups is 1. The van der Waals surface area contributed by atoms with Crippen molar-refractivity contribution in [3.8, 4) is 5.88 Å². The number of amides is 1. The number of hydrogen-bond donors (Lipinski definition) is 1. The Bertz CT molecular complexity index is 1190. The summed E-state index contributed by atoms with van der Waals surface area (Å²) in [5.74, 6) is -0.305. The fraction of sp³-hybridized carbons (Fsp3) is 0.393. The van der Waals surface area contributed by atoms with Gasteiger partial charge in [-0.05, 0) is 24.0 Å². The first-order valence-electron chi connectivity index (χ1n) is 12.3. The molecule has 1 amide bonds. The SMILES string of the molecule is CCCCc1nc(O)c(C(=O)N2CC[C@@H](c3ccccc3)C2)c(=O)n1[C@H](COC)c1ccccc1. The second-order valence-corrected chi connectivity index (χ2v) is 9.03. The van der Waals surface area contributed by atoms with Crippen molar-refractivity contribution in [3.63, 3.8) is 0 Å². The van der Waals surface area contributed by atoms with E-state index >= 15 is 0 Å². The van der Waals surface area contributed by atoms with Gasteiger partial charge in [-0.15, -0.1) is 0 Å². The maximum Gasteiger partial charge on any atom is 0.271 e. The van der Waals surface area contributed by atoms with Crippen molar-refractivity contribution in [3.05, 3.63) is 93.5 Å². The van der Waals surface area contributed by atoms with Gasteiger partial charge in [-0.3, -0.25) is 14.2 Å². The van der Waals surface area contributed by atoms with Gasteiger partial charge in [0.1, 0.15) is 5.82 Å². The number of aromatic hydroxyl groups is 1. The molecule has 7 nitrogen and oxygen atoms in total. The lowest BCUT2D eigenvalue weighted by molar-refractivity contribution is 0.0783. The average Bonchev–Trinajstić information content (AvgIpc) is 3.38. The van der Waals surface area contributed by atoms with E-state index in [4.69, 9.17) is 4.74 Å². The standard InChI is InChI=1S/C28H33N3O4/c1-3-4-15-24-29-26(32)25(27(33)30-17-16-22(18-30)20-11-7-5-8-12-20)28(34)31(24)23(19-35-2)21-13-9-6-10-14-21/h5-14,22-23,32H,3-4,15-19H2,1-2H3/t22-,23-/m1/s1. The van der Waals surface area contributed by atoms with Crippen LogP contribution in [0.4, 0.5) is 0 Å². The summed E-state index contributed by atoms with van der Waals surface area (Å²) >= 11 is 0. The van der Waals surface area contributed by atoms with Crippen LogP contribution in [0.3, 0.4) is 0 Å². The number of nitrogens with zero attached hydrogens (tertiary/aromatic N) is 3. The third-order valence-corrected chi connectivity index (χ3v) is 6.70. The fourth-order valence-electron chi connectivity index (χ4n) is 4.84. The van der Waals surface area contributed by atoms with Crippen molar-refractivity contribution in [1.29, 1.82) is 0 Å². The van der Waals surface area contributed by atoms with Crippen LogP contribution in [0, 0.1) is 0 Å². The lowest BCUT2D eigenvalue weighted by atomic mass is 9.99. The number of ether oxygens (including phenoxy) is 1. The number of methoxy groups -OCH3 is 1. The van der Waals surface area contributed by atoms with E-state index in [1.165, 1.54) is 5.56 Å². The van der Waals surface area contributed by atoms with E-state index < -0.39 is 23.4 Å². The zero-order valence-corrected chi connectivity index (χ0v) is 20.4. The van der Waals surface area contributed by atoms with E-state index in [0.29, 0.717) is 25.3 Å². The molecular formula is C28H33N3O4. The zero-order valence-electron chi connectivity index (χ0n) is 20.4. The van der Waals surface area contributed by atoms with Gasteiger partial charge in [-0.25, -0.2) is 0 Å². The van der Waals surface area contributed by atoms with Crippen LogP contribution >= 0.6 is 0 Å². The van der Waals surface area contributed by atoms with E-state index in [1.807, 2.05) is 48.5 Å². The number of hydrogen-bond acceptors (Lipinski definition) is 5. The fourth-order valence-corrected chi connectivity index (χ4v) is 4.84. The summed E-state index contributed by atoms with van der Waals surface area (Å²) in [7, 11) is 1.58. The highest BCUT2D eigenvalue weighted by Crippen LogP contribution is 2.29. The van der Waals surface area contributed by atoms with Gasteiger partial charge < -0.3 is 14.7 Å². The third kappa shape index (κ3) is 5.30. The molecule has 0 spiro atoms. The maximum atomic E-state index is 13.9. The highest BCUT2D eigenvalue weighted by Gasteiger charge is 2.33. The van der Waals surface area contributed by atoms with E-state index in [1.54, 1.807) is 16.6 Å². The molecule has 0 aliphatic carbocycles. The monoisotopic (exact) mass is 475 g/mol. The predicted octanol–water partition coefficient (Wildman–Crippen LogP) is 4.16. The molecular weight excluding hydrogens is 442 g/mol. The van der Waals surface area contributed by atoms with Crippen LogP contribution in [0.5, 0.6) is 5.88 Å². The second-order valence-electron chi connectivity index (χ2n) is 9.03. The molecule has 1 saturated heterocycles. The van der Waals surface area contributed by atoms with Crippen molar-refractivity contribution in [2.45, 2.75) is 44.6 Å². The first-order chi connectivity index (χ1) is 17.0. The molecule has 1 fully saturated rings. The normalized spacial score (nSPS) is 16.4. The minimum absolute atomic E-state index is 0.201. The Hall–Kier alpha value is -3.45. The second kappa shape index (κ2) is 11.3. The lowest BCUT2D eigenvalue weighted by Gasteiger charge is -2.24. The summed E-state index contributed by atoms with van der Waals surface area (Å²) in [6.07, 6.45) is 3.04. The Morgan fingerprint density at radius 2 is 1.83 bits per heavy atom. The van der Waals surface area contributed by atoms with Gasteiger partial charge in [0.05, 0.1) is 12.6 Å². The summed E-state index contributed by atoms with van der Waals surface area (Å²) in [6.45, 7) is 3.32. The molecule has 1 aromatic heterocycles. The number of likely N-dealkylation sites (tertiary alicyclic amines) is 1. The Kier molecular flexibility index (Phi) is 7.98. The molecule has 35 heavy (non-hydrogen) atoms. The number of rotatable bonds is 9. The van der Waals surface area contributed by atoms with Gasteiger partial charge in [0, 0.05) is 32.5 Å². The minimum Gasteiger partial charge on any atom is -0.493 e. The Balaban J connectivity index is 1.74. The molecule has 2 aromatic carbocycles. The van der Waals surface area contributed by atoms with Crippen LogP contribution < -0.4 is 5.56 Å². The molecule has 0 saturated carbocycles. The van der Waals surface area contributed by atoms with Crippen LogP contribution in [0.25, 0.3) is 0 Å². The molecule has 0 unspecified atom stereocenters. The van der Waals surface area contributed by atoms with Gasteiger partial charge in [-0.2, -0.15) is 4.98 Å². The quantitative estimate of drug-likeness (QED) is 0.502. The van der Waals surface area contributed by atoms with Crippen molar-refractivity contribution in [2.75, 3.05) is 26.8 Å². The Morgan fingerprint density at radius 3 is 2.49 bits per heavy atom. The molecule has 2 atom stereocenters. The van der Waals surface area contributed by atoms with Gasteiger partial charge in [0.15, 0.2) is 5.56 Å². The molecule has 1 N–H and O–H groups in total. The molecule has 3 aromatic rings. The van der Waals surface area contributed by atoms with Gasteiger partial charge >= 0.3 is 0 Å². The average molecular weight is 476 g/mol. The van der Waals surface area contributed by atoms with E-state index in [-0.39, 0.29) is 18.1 Å². The largest absolute Gasteiger partial charge is 0.493 e. The van der Waals surface area contributed by atoms with Gasteiger partial charge in [0.25, 0.3) is 11.5 Å². The maximum absolute atomic E-state index is 13.9. The molecule has 4 rings (SSSR count). The molecule has 0 bridgehead atoms.